The van der Waals surface area contributed by atoms with Gasteiger partial charge in [-0.1, -0.05) is 19.0 Å². The molecule has 1 saturated heterocycles. The van der Waals surface area contributed by atoms with Crippen LogP contribution >= 0.6 is 0 Å². The van der Waals surface area contributed by atoms with E-state index in [0.717, 1.165) is 50.6 Å². The molecule has 0 bridgehead atoms. The van der Waals surface area contributed by atoms with Gasteiger partial charge in [0, 0.05) is 19.0 Å². The molecular formula is C12H22N4O. The van der Waals surface area contributed by atoms with Gasteiger partial charge in [0.2, 0.25) is 5.89 Å². The van der Waals surface area contributed by atoms with Crippen molar-refractivity contribution in [1.82, 2.24) is 15.0 Å². The van der Waals surface area contributed by atoms with E-state index < -0.39 is 0 Å². The summed E-state index contributed by atoms with van der Waals surface area (Å²) in [6.07, 6.45) is 3.14. The summed E-state index contributed by atoms with van der Waals surface area (Å²) in [5.41, 5.74) is 5.94. The third kappa shape index (κ3) is 3.78. The summed E-state index contributed by atoms with van der Waals surface area (Å²) in [5, 5.41) is 4.02. The van der Waals surface area contributed by atoms with E-state index in [1.807, 2.05) is 0 Å². The molecule has 1 fully saturated rings. The maximum absolute atomic E-state index is 5.94. The molecule has 1 aliphatic heterocycles. The largest absolute Gasteiger partial charge is 0.339 e. The molecule has 17 heavy (non-hydrogen) atoms. The predicted molar refractivity (Wildman–Crippen MR) is 65.3 cm³/mol. The molecule has 5 nitrogen and oxygen atoms in total. The molecule has 2 N–H and O–H groups in total. The van der Waals surface area contributed by atoms with E-state index in [4.69, 9.17) is 10.3 Å². The number of nitrogens with two attached hydrogens (primary N) is 1. The second kappa shape index (κ2) is 5.60. The highest BCUT2D eigenvalue weighted by Crippen LogP contribution is 2.12. The van der Waals surface area contributed by atoms with Crippen molar-refractivity contribution < 1.29 is 4.52 Å². The summed E-state index contributed by atoms with van der Waals surface area (Å²) in [6.45, 7) is 7.08. The van der Waals surface area contributed by atoms with Gasteiger partial charge >= 0.3 is 0 Å². The quantitative estimate of drug-likeness (QED) is 0.853. The lowest BCUT2D eigenvalue weighted by molar-refractivity contribution is 0.195. The van der Waals surface area contributed by atoms with Crippen molar-refractivity contribution in [2.45, 2.75) is 45.7 Å². The number of piperidine rings is 1. The number of hydrogen-bond acceptors (Lipinski definition) is 5. The predicted octanol–water partition coefficient (Wildman–Crippen LogP) is 1.19. The van der Waals surface area contributed by atoms with Gasteiger partial charge < -0.3 is 10.3 Å². The first-order valence-electron chi connectivity index (χ1n) is 6.43. The molecule has 0 aliphatic carbocycles. The van der Waals surface area contributed by atoms with Gasteiger partial charge in [0.15, 0.2) is 5.82 Å². The van der Waals surface area contributed by atoms with Crippen molar-refractivity contribution in [1.29, 1.82) is 0 Å². The Bertz CT molecular complexity index is 350. The fourth-order valence-electron chi connectivity index (χ4n) is 2.22. The van der Waals surface area contributed by atoms with Gasteiger partial charge in [-0.15, -0.1) is 0 Å². The molecule has 5 heteroatoms. The topological polar surface area (TPSA) is 68.2 Å². The van der Waals surface area contributed by atoms with Gasteiger partial charge in [-0.25, -0.2) is 0 Å². The van der Waals surface area contributed by atoms with E-state index in [-0.39, 0.29) is 0 Å². The Morgan fingerprint density at radius 1 is 1.53 bits per heavy atom. The van der Waals surface area contributed by atoms with Crippen LogP contribution in [0.2, 0.25) is 0 Å². The van der Waals surface area contributed by atoms with Gasteiger partial charge in [0.05, 0.1) is 6.54 Å². The maximum atomic E-state index is 5.94. The first kappa shape index (κ1) is 12.5. The molecular weight excluding hydrogens is 216 g/mol. The van der Waals surface area contributed by atoms with Crippen LogP contribution in [0.4, 0.5) is 0 Å². The molecule has 2 heterocycles. The minimum atomic E-state index is 0.297. The highest BCUT2D eigenvalue weighted by Gasteiger charge is 2.18. The lowest BCUT2D eigenvalue weighted by Gasteiger charge is -2.29. The van der Waals surface area contributed by atoms with Crippen LogP contribution in [0.3, 0.4) is 0 Å². The molecule has 0 aromatic carbocycles. The van der Waals surface area contributed by atoms with Crippen molar-refractivity contribution in [2.75, 3.05) is 13.1 Å². The number of likely N-dealkylation sites (tertiary alicyclic amines) is 1. The standard InChI is InChI=1S/C12H22N4O/c1-9(2)6-12-14-11(15-17-12)8-16-5-3-4-10(13)7-16/h9-10H,3-8,13H2,1-2H3/t10-/m1/s1. The first-order chi connectivity index (χ1) is 8.13. The lowest BCUT2D eigenvalue weighted by Crippen LogP contribution is -2.42. The normalized spacial score (nSPS) is 22.2. The smallest absolute Gasteiger partial charge is 0.226 e. The van der Waals surface area contributed by atoms with E-state index in [2.05, 4.69) is 28.9 Å². The summed E-state index contributed by atoms with van der Waals surface area (Å²) in [7, 11) is 0. The first-order valence-corrected chi connectivity index (χ1v) is 6.43. The van der Waals surface area contributed by atoms with Crippen molar-refractivity contribution in [2.24, 2.45) is 11.7 Å². The zero-order chi connectivity index (χ0) is 12.3. The number of rotatable bonds is 4. The Labute approximate surface area is 102 Å². The Morgan fingerprint density at radius 3 is 3.06 bits per heavy atom. The Balaban J connectivity index is 1.87. The Morgan fingerprint density at radius 2 is 2.35 bits per heavy atom. The fraction of sp³-hybridized carbons (Fsp3) is 0.833. The molecule has 0 radical (unpaired) electrons. The van der Waals surface area contributed by atoms with Gasteiger partial charge in [0.1, 0.15) is 0 Å². The second-order valence-electron chi connectivity index (χ2n) is 5.34. The molecule has 0 spiro atoms. The van der Waals surface area contributed by atoms with Crippen molar-refractivity contribution >= 4 is 0 Å². The van der Waals surface area contributed by atoms with Gasteiger partial charge in [0.25, 0.3) is 0 Å². The zero-order valence-corrected chi connectivity index (χ0v) is 10.7. The van der Waals surface area contributed by atoms with E-state index in [9.17, 15) is 0 Å². The van der Waals surface area contributed by atoms with Crippen LogP contribution in [-0.2, 0) is 13.0 Å². The van der Waals surface area contributed by atoms with Crippen LogP contribution in [0.15, 0.2) is 4.52 Å². The summed E-state index contributed by atoms with van der Waals surface area (Å²) >= 11 is 0. The van der Waals surface area contributed by atoms with E-state index in [1.54, 1.807) is 0 Å². The van der Waals surface area contributed by atoms with Crippen LogP contribution in [0.1, 0.15) is 38.4 Å². The monoisotopic (exact) mass is 238 g/mol. The van der Waals surface area contributed by atoms with E-state index in [0.29, 0.717) is 12.0 Å². The molecule has 1 atom stereocenters. The highest BCUT2D eigenvalue weighted by atomic mass is 16.5. The van der Waals surface area contributed by atoms with Gasteiger partial charge in [-0.3, -0.25) is 4.90 Å². The van der Waals surface area contributed by atoms with Crippen LogP contribution < -0.4 is 5.73 Å². The maximum Gasteiger partial charge on any atom is 0.226 e. The van der Waals surface area contributed by atoms with Crippen LogP contribution in [0, 0.1) is 5.92 Å². The molecule has 1 aromatic heterocycles. The number of aromatic nitrogens is 2. The molecule has 2 rings (SSSR count). The third-order valence-electron chi connectivity index (χ3n) is 3.00. The van der Waals surface area contributed by atoms with Crippen LogP contribution in [-0.4, -0.2) is 34.2 Å². The molecule has 96 valence electrons. The molecule has 0 amide bonds. The Hall–Kier alpha value is -0.940. The SMILES string of the molecule is CC(C)Cc1nc(CN2CCC[C@@H](N)C2)no1. The van der Waals surface area contributed by atoms with Crippen molar-refractivity contribution in [3.63, 3.8) is 0 Å². The minimum absolute atomic E-state index is 0.297. The van der Waals surface area contributed by atoms with Gasteiger partial charge in [-0.05, 0) is 25.3 Å². The second-order valence-corrected chi connectivity index (χ2v) is 5.34. The van der Waals surface area contributed by atoms with Crippen molar-refractivity contribution in [3.8, 4) is 0 Å². The average Bonchev–Trinajstić information content (AvgIpc) is 2.64. The fourth-order valence-corrected chi connectivity index (χ4v) is 2.22. The summed E-state index contributed by atoms with van der Waals surface area (Å²) in [6, 6.07) is 0.297. The highest BCUT2D eigenvalue weighted by molar-refractivity contribution is 4.88. The van der Waals surface area contributed by atoms with Crippen LogP contribution in [0.5, 0.6) is 0 Å². The minimum Gasteiger partial charge on any atom is -0.339 e. The summed E-state index contributed by atoms with van der Waals surface area (Å²) in [5.74, 6) is 2.08. The van der Waals surface area contributed by atoms with Gasteiger partial charge in [-0.2, -0.15) is 4.98 Å². The summed E-state index contributed by atoms with van der Waals surface area (Å²) in [4.78, 5) is 6.71. The molecule has 1 aliphatic rings. The molecule has 1 aromatic rings. The lowest BCUT2D eigenvalue weighted by atomic mass is 10.1. The van der Waals surface area contributed by atoms with E-state index in [1.165, 1.54) is 0 Å². The number of nitrogens with zero attached hydrogens (tertiary/aromatic N) is 3. The average molecular weight is 238 g/mol. The number of hydrogen-bond donors (Lipinski definition) is 1. The molecule has 0 saturated carbocycles. The summed E-state index contributed by atoms with van der Waals surface area (Å²) < 4.78 is 5.22. The molecule has 0 unspecified atom stereocenters. The van der Waals surface area contributed by atoms with Crippen LogP contribution in [0.25, 0.3) is 0 Å². The zero-order valence-electron chi connectivity index (χ0n) is 10.7. The van der Waals surface area contributed by atoms with Crippen molar-refractivity contribution in [3.05, 3.63) is 11.7 Å². The third-order valence-corrected chi connectivity index (χ3v) is 3.00. The Kier molecular flexibility index (Phi) is 4.12. The van der Waals surface area contributed by atoms with E-state index >= 15 is 0 Å².